The highest BCUT2D eigenvalue weighted by Gasteiger charge is 2.53. The van der Waals surface area contributed by atoms with Crippen molar-refractivity contribution in [1.82, 2.24) is 0 Å². The predicted octanol–water partition coefficient (Wildman–Crippen LogP) is 2.81. The average Bonchev–Trinajstić information content (AvgIpc) is 2.12. The second kappa shape index (κ2) is 4.60. The Morgan fingerprint density at radius 2 is 1.50 bits per heavy atom. The van der Waals surface area contributed by atoms with Crippen molar-refractivity contribution in [2.75, 3.05) is 0 Å². The van der Waals surface area contributed by atoms with Gasteiger partial charge in [-0.3, -0.25) is 14.4 Å². The molecule has 0 aromatic carbocycles. The van der Waals surface area contributed by atoms with Gasteiger partial charge in [-0.15, -0.1) is 0 Å². The number of carbonyl (C=O) groups is 3. The van der Waals surface area contributed by atoms with Crippen molar-refractivity contribution >= 4 is 17.3 Å². The van der Waals surface area contributed by atoms with Gasteiger partial charge in [-0.1, -0.05) is 41.5 Å². The summed E-state index contributed by atoms with van der Waals surface area (Å²) in [6.45, 7) is 11.2. The molecule has 0 amide bonds. The van der Waals surface area contributed by atoms with Crippen LogP contribution in [0.25, 0.3) is 0 Å². The second-order valence-electron chi connectivity index (χ2n) is 7.17. The maximum Gasteiger partial charge on any atom is 0.156 e. The van der Waals surface area contributed by atoms with Gasteiger partial charge in [-0.05, 0) is 12.3 Å². The first kappa shape index (κ1) is 15.1. The third kappa shape index (κ3) is 2.70. The maximum absolute atomic E-state index is 12.3. The summed E-state index contributed by atoms with van der Waals surface area (Å²) >= 11 is 0. The van der Waals surface area contributed by atoms with Crippen LogP contribution in [0.1, 0.15) is 54.4 Å². The molecule has 0 heterocycles. The zero-order chi connectivity index (χ0) is 14.3. The fourth-order valence-corrected chi connectivity index (χ4v) is 2.99. The van der Waals surface area contributed by atoms with Gasteiger partial charge in [0.25, 0.3) is 0 Å². The van der Waals surface area contributed by atoms with E-state index in [-0.39, 0.29) is 23.3 Å². The van der Waals surface area contributed by atoms with Gasteiger partial charge in [0, 0.05) is 17.3 Å². The molecular weight excluding hydrogens is 228 g/mol. The third-order valence-corrected chi connectivity index (χ3v) is 3.67. The van der Waals surface area contributed by atoms with E-state index in [0.717, 1.165) is 0 Å². The highest BCUT2D eigenvalue weighted by atomic mass is 16.2. The molecule has 1 aliphatic rings. The third-order valence-electron chi connectivity index (χ3n) is 3.67. The summed E-state index contributed by atoms with van der Waals surface area (Å²) in [5.74, 6) is -1.46. The number of carbonyl (C=O) groups excluding carboxylic acids is 3. The van der Waals surface area contributed by atoms with Crippen LogP contribution in [0, 0.1) is 22.7 Å². The molecule has 0 radical (unpaired) electrons. The number of ketones is 3. The van der Waals surface area contributed by atoms with Crippen LogP contribution < -0.4 is 0 Å². The molecular formula is C15H24O3. The maximum atomic E-state index is 12.3. The van der Waals surface area contributed by atoms with E-state index in [1.54, 1.807) is 0 Å². The van der Waals surface area contributed by atoms with Gasteiger partial charge in [-0.2, -0.15) is 0 Å². The molecule has 0 N–H and O–H groups in total. The molecule has 1 rings (SSSR count). The van der Waals surface area contributed by atoms with E-state index in [1.165, 1.54) is 0 Å². The minimum Gasteiger partial charge on any atom is -0.298 e. The summed E-state index contributed by atoms with van der Waals surface area (Å²) in [5.41, 5.74) is -1.18. The van der Waals surface area contributed by atoms with Crippen LogP contribution >= 0.6 is 0 Å². The average molecular weight is 252 g/mol. The van der Waals surface area contributed by atoms with Crippen molar-refractivity contribution in [3.63, 3.8) is 0 Å². The molecule has 1 aliphatic carbocycles. The summed E-state index contributed by atoms with van der Waals surface area (Å²) < 4.78 is 0. The molecule has 0 saturated heterocycles. The zero-order valence-electron chi connectivity index (χ0n) is 12.3. The van der Waals surface area contributed by atoms with E-state index in [2.05, 4.69) is 0 Å². The van der Waals surface area contributed by atoms with Crippen LogP contribution in [0.15, 0.2) is 0 Å². The Morgan fingerprint density at radius 3 is 1.83 bits per heavy atom. The van der Waals surface area contributed by atoms with Gasteiger partial charge in [0.15, 0.2) is 17.3 Å². The Hall–Kier alpha value is -0.990. The van der Waals surface area contributed by atoms with E-state index < -0.39 is 16.7 Å². The van der Waals surface area contributed by atoms with Gasteiger partial charge in [-0.25, -0.2) is 0 Å². The highest BCUT2D eigenvalue weighted by Crippen LogP contribution is 2.44. The molecule has 0 bridgehead atoms. The minimum atomic E-state index is -1.04. The summed E-state index contributed by atoms with van der Waals surface area (Å²) in [4.78, 5) is 36.8. The van der Waals surface area contributed by atoms with E-state index in [9.17, 15) is 14.4 Å². The Morgan fingerprint density at radius 1 is 1.11 bits per heavy atom. The Bertz CT molecular complexity index is 363. The summed E-state index contributed by atoms with van der Waals surface area (Å²) in [6.07, 6.45) is 0.817. The summed E-state index contributed by atoms with van der Waals surface area (Å²) in [7, 11) is 0. The van der Waals surface area contributed by atoms with E-state index >= 15 is 0 Å². The van der Waals surface area contributed by atoms with Crippen molar-refractivity contribution < 1.29 is 14.4 Å². The van der Waals surface area contributed by atoms with Crippen LogP contribution in [0.2, 0.25) is 0 Å². The molecule has 18 heavy (non-hydrogen) atoms. The fraction of sp³-hybridized carbons (Fsp3) is 0.800. The molecule has 0 aliphatic heterocycles. The van der Waals surface area contributed by atoms with Crippen molar-refractivity contribution in [2.45, 2.75) is 54.4 Å². The van der Waals surface area contributed by atoms with E-state index in [0.29, 0.717) is 12.8 Å². The van der Waals surface area contributed by atoms with Gasteiger partial charge in [0.2, 0.25) is 0 Å². The van der Waals surface area contributed by atoms with Crippen LogP contribution in [0.4, 0.5) is 0 Å². The normalized spacial score (nSPS) is 23.5. The standard InChI is InChI=1S/C15H24O3/c1-9(2)7-10(16)11-12(17)14(3,4)8-15(5,6)13(11)18/h9,11H,7-8H2,1-6H3. The van der Waals surface area contributed by atoms with Crippen molar-refractivity contribution in [2.24, 2.45) is 22.7 Å². The molecule has 0 aromatic rings. The SMILES string of the molecule is CC(C)CC(=O)C1C(=O)C(C)(C)CC(C)(C)C1=O. The molecule has 0 atom stereocenters. The van der Waals surface area contributed by atoms with Crippen LogP contribution in [0.5, 0.6) is 0 Å². The van der Waals surface area contributed by atoms with Crippen molar-refractivity contribution in [1.29, 1.82) is 0 Å². The molecule has 0 aromatic heterocycles. The number of rotatable bonds is 3. The molecule has 102 valence electrons. The molecule has 1 saturated carbocycles. The van der Waals surface area contributed by atoms with Crippen molar-refractivity contribution in [3.8, 4) is 0 Å². The lowest BCUT2D eigenvalue weighted by molar-refractivity contribution is -0.155. The predicted molar refractivity (Wildman–Crippen MR) is 70.1 cm³/mol. The highest BCUT2D eigenvalue weighted by molar-refractivity contribution is 6.23. The lowest BCUT2D eigenvalue weighted by atomic mass is 9.58. The van der Waals surface area contributed by atoms with Crippen LogP contribution in [-0.2, 0) is 14.4 Å². The number of Topliss-reactive ketones (excluding diaryl/α,β-unsaturated/α-hetero) is 3. The zero-order valence-corrected chi connectivity index (χ0v) is 12.3. The smallest absolute Gasteiger partial charge is 0.156 e. The van der Waals surface area contributed by atoms with Crippen LogP contribution in [-0.4, -0.2) is 17.3 Å². The van der Waals surface area contributed by atoms with Gasteiger partial charge < -0.3 is 0 Å². The van der Waals surface area contributed by atoms with Gasteiger partial charge in [0.1, 0.15) is 5.92 Å². The monoisotopic (exact) mass is 252 g/mol. The summed E-state index contributed by atoms with van der Waals surface area (Å²) in [5, 5.41) is 0. The molecule has 0 spiro atoms. The van der Waals surface area contributed by atoms with Gasteiger partial charge in [0.05, 0.1) is 0 Å². The van der Waals surface area contributed by atoms with E-state index in [4.69, 9.17) is 0 Å². The Kier molecular flexibility index (Phi) is 3.85. The molecule has 1 fully saturated rings. The Balaban J connectivity index is 3.10. The summed E-state index contributed by atoms with van der Waals surface area (Å²) in [6, 6.07) is 0. The minimum absolute atomic E-state index is 0.172. The lowest BCUT2D eigenvalue weighted by Crippen LogP contribution is -2.52. The topological polar surface area (TPSA) is 51.2 Å². The number of hydrogen-bond acceptors (Lipinski definition) is 3. The van der Waals surface area contributed by atoms with Gasteiger partial charge >= 0.3 is 0 Å². The lowest BCUT2D eigenvalue weighted by Gasteiger charge is -2.41. The van der Waals surface area contributed by atoms with Crippen LogP contribution in [0.3, 0.4) is 0 Å². The first-order valence-electron chi connectivity index (χ1n) is 6.60. The second-order valence-corrected chi connectivity index (χ2v) is 7.17. The molecule has 0 unspecified atom stereocenters. The molecule has 3 nitrogen and oxygen atoms in total. The van der Waals surface area contributed by atoms with E-state index in [1.807, 2.05) is 41.5 Å². The fourth-order valence-electron chi connectivity index (χ4n) is 2.99. The quantitative estimate of drug-likeness (QED) is 0.726. The number of hydrogen-bond donors (Lipinski definition) is 0. The largest absolute Gasteiger partial charge is 0.298 e. The Labute approximate surface area is 109 Å². The van der Waals surface area contributed by atoms with Crippen molar-refractivity contribution in [3.05, 3.63) is 0 Å². The molecule has 3 heteroatoms. The first-order valence-corrected chi connectivity index (χ1v) is 6.60. The first-order chi connectivity index (χ1) is 7.99.